The lowest BCUT2D eigenvalue weighted by Gasteiger charge is -2.22. The third kappa shape index (κ3) is 4.51. The van der Waals surface area contributed by atoms with Crippen molar-refractivity contribution in [1.29, 1.82) is 0 Å². The minimum atomic E-state index is -3.61. The summed E-state index contributed by atoms with van der Waals surface area (Å²) in [7, 11) is -1.93. The van der Waals surface area contributed by atoms with Crippen LogP contribution in [0.1, 0.15) is 37.0 Å². The molecule has 0 saturated heterocycles. The molecular formula is C20H26N2O3S. The molecule has 26 heavy (non-hydrogen) atoms. The Balaban J connectivity index is 2.33. The second-order valence-corrected chi connectivity index (χ2v) is 8.07. The zero-order chi connectivity index (χ0) is 19.2. The maximum absolute atomic E-state index is 12.9. The van der Waals surface area contributed by atoms with Crippen molar-refractivity contribution in [3.05, 3.63) is 60.2 Å². The molecule has 2 rings (SSSR count). The topological polar surface area (TPSA) is 57.7 Å². The summed E-state index contributed by atoms with van der Waals surface area (Å²) in [6.45, 7) is 4.84. The van der Waals surface area contributed by atoms with Crippen LogP contribution in [0.2, 0.25) is 0 Å². The standard InChI is InChI=1S/C20H26N2O3S/c1-4-14-22(15-5-2)26(24,25)19-13-9-10-17(16-19)20(23)21(3)18-11-7-6-8-12-18/h6-13,16H,4-5,14-15H2,1-3H3. The number of carbonyl (C=O) groups excluding carboxylic acids is 1. The highest BCUT2D eigenvalue weighted by atomic mass is 32.2. The molecule has 0 spiro atoms. The van der Waals surface area contributed by atoms with Crippen LogP contribution in [-0.4, -0.2) is 38.8 Å². The summed E-state index contributed by atoms with van der Waals surface area (Å²) >= 11 is 0. The van der Waals surface area contributed by atoms with Crippen LogP contribution < -0.4 is 4.90 Å². The third-order valence-corrected chi connectivity index (χ3v) is 6.01. The molecule has 0 aliphatic carbocycles. The minimum Gasteiger partial charge on any atom is -0.311 e. The molecule has 0 unspecified atom stereocenters. The van der Waals surface area contributed by atoms with Crippen LogP contribution in [0.25, 0.3) is 0 Å². The van der Waals surface area contributed by atoms with Crippen LogP contribution >= 0.6 is 0 Å². The Hall–Kier alpha value is -2.18. The summed E-state index contributed by atoms with van der Waals surface area (Å²) in [6, 6.07) is 15.5. The average Bonchev–Trinajstić information content (AvgIpc) is 2.67. The van der Waals surface area contributed by atoms with E-state index in [4.69, 9.17) is 0 Å². The molecule has 0 saturated carbocycles. The van der Waals surface area contributed by atoms with Gasteiger partial charge in [0.15, 0.2) is 0 Å². The lowest BCUT2D eigenvalue weighted by molar-refractivity contribution is 0.0993. The number of sulfonamides is 1. The number of rotatable bonds is 8. The summed E-state index contributed by atoms with van der Waals surface area (Å²) in [5.74, 6) is -0.245. The van der Waals surface area contributed by atoms with Crippen molar-refractivity contribution in [2.24, 2.45) is 0 Å². The van der Waals surface area contributed by atoms with Crippen molar-refractivity contribution in [2.75, 3.05) is 25.0 Å². The van der Waals surface area contributed by atoms with Gasteiger partial charge in [-0.3, -0.25) is 4.79 Å². The largest absolute Gasteiger partial charge is 0.311 e. The van der Waals surface area contributed by atoms with Gasteiger partial charge in [-0.15, -0.1) is 0 Å². The Morgan fingerprint density at radius 1 is 0.923 bits per heavy atom. The van der Waals surface area contributed by atoms with Gasteiger partial charge in [-0.2, -0.15) is 4.31 Å². The SMILES string of the molecule is CCCN(CCC)S(=O)(=O)c1cccc(C(=O)N(C)c2ccccc2)c1. The van der Waals surface area contributed by atoms with Crippen LogP contribution in [0.15, 0.2) is 59.5 Å². The van der Waals surface area contributed by atoms with Crippen LogP contribution in [0.5, 0.6) is 0 Å². The summed E-state index contributed by atoms with van der Waals surface area (Å²) in [5.41, 5.74) is 1.11. The molecule has 6 heteroatoms. The molecule has 140 valence electrons. The van der Waals surface area contributed by atoms with Gasteiger partial charge in [0.1, 0.15) is 0 Å². The van der Waals surface area contributed by atoms with Gasteiger partial charge < -0.3 is 4.90 Å². The number of amides is 1. The lowest BCUT2D eigenvalue weighted by Crippen LogP contribution is -2.33. The second-order valence-electron chi connectivity index (χ2n) is 6.13. The van der Waals surface area contributed by atoms with Crippen molar-refractivity contribution in [3.8, 4) is 0 Å². The van der Waals surface area contributed by atoms with Crippen LogP contribution in [0.3, 0.4) is 0 Å². The van der Waals surface area contributed by atoms with Crippen LogP contribution in [-0.2, 0) is 10.0 Å². The molecule has 0 aromatic heterocycles. The highest BCUT2D eigenvalue weighted by Crippen LogP contribution is 2.20. The summed E-state index contributed by atoms with van der Waals surface area (Å²) in [5, 5.41) is 0. The Morgan fingerprint density at radius 3 is 2.12 bits per heavy atom. The molecular weight excluding hydrogens is 348 g/mol. The zero-order valence-electron chi connectivity index (χ0n) is 15.6. The Kier molecular flexibility index (Phi) is 6.94. The summed E-state index contributed by atoms with van der Waals surface area (Å²) in [4.78, 5) is 14.4. The fraction of sp³-hybridized carbons (Fsp3) is 0.350. The first-order valence-electron chi connectivity index (χ1n) is 8.85. The first-order chi connectivity index (χ1) is 12.4. The lowest BCUT2D eigenvalue weighted by atomic mass is 10.2. The highest BCUT2D eigenvalue weighted by molar-refractivity contribution is 7.89. The highest BCUT2D eigenvalue weighted by Gasteiger charge is 2.24. The van der Waals surface area contributed by atoms with Crippen molar-refractivity contribution in [1.82, 2.24) is 4.31 Å². The predicted octanol–water partition coefficient (Wildman–Crippen LogP) is 3.77. The second kappa shape index (κ2) is 8.96. The number of hydrogen-bond acceptors (Lipinski definition) is 3. The maximum Gasteiger partial charge on any atom is 0.258 e. The van der Waals surface area contributed by atoms with Crippen molar-refractivity contribution < 1.29 is 13.2 Å². The van der Waals surface area contributed by atoms with Gasteiger partial charge >= 0.3 is 0 Å². The van der Waals surface area contributed by atoms with Gasteiger partial charge in [0.05, 0.1) is 4.90 Å². The van der Waals surface area contributed by atoms with Crippen LogP contribution in [0.4, 0.5) is 5.69 Å². The molecule has 1 amide bonds. The molecule has 2 aromatic carbocycles. The molecule has 0 heterocycles. The van der Waals surface area contributed by atoms with Gasteiger partial charge in [0, 0.05) is 31.4 Å². The van der Waals surface area contributed by atoms with E-state index in [9.17, 15) is 13.2 Å². The molecule has 5 nitrogen and oxygen atoms in total. The quantitative estimate of drug-likeness (QED) is 0.707. The first kappa shape index (κ1) is 20.1. The normalized spacial score (nSPS) is 11.5. The van der Waals surface area contributed by atoms with E-state index in [1.807, 2.05) is 44.2 Å². The molecule has 0 aliphatic rings. The molecule has 0 aliphatic heterocycles. The van der Waals surface area contributed by atoms with E-state index < -0.39 is 10.0 Å². The fourth-order valence-corrected chi connectivity index (χ4v) is 4.42. The number of anilines is 1. The van der Waals surface area contributed by atoms with Crippen molar-refractivity contribution in [2.45, 2.75) is 31.6 Å². The van der Waals surface area contributed by atoms with Gasteiger partial charge in [-0.1, -0.05) is 38.1 Å². The van der Waals surface area contributed by atoms with Gasteiger partial charge in [-0.25, -0.2) is 8.42 Å². The maximum atomic E-state index is 12.9. The Labute approximate surface area is 156 Å². The van der Waals surface area contributed by atoms with Gasteiger partial charge in [0.25, 0.3) is 5.91 Å². The summed E-state index contributed by atoms with van der Waals surface area (Å²) < 4.78 is 27.3. The molecule has 0 bridgehead atoms. The Morgan fingerprint density at radius 2 is 1.54 bits per heavy atom. The Bertz CT molecular complexity index is 829. The molecule has 0 fully saturated rings. The van der Waals surface area contributed by atoms with E-state index in [1.54, 1.807) is 25.2 Å². The third-order valence-electron chi connectivity index (χ3n) is 4.11. The minimum absolute atomic E-state index is 0.159. The molecule has 0 atom stereocenters. The van der Waals surface area contributed by atoms with Crippen molar-refractivity contribution in [3.63, 3.8) is 0 Å². The molecule has 0 N–H and O–H groups in total. The smallest absolute Gasteiger partial charge is 0.258 e. The number of nitrogens with zero attached hydrogens (tertiary/aromatic N) is 2. The van der Waals surface area contributed by atoms with E-state index in [1.165, 1.54) is 15.3 Å². The number of carbonyl (C=O) groups is 1. The molecule has 2 aromatic rings. The predicted molar refractivity (Wildman–Crippen MR) is 105 cm³/mol. The van der Waals surface area contributed by atoms with E-state index >= 15 is 0 Å². The number of hydrogen-bond donors (Lipinski definition) is 0. The van der Waals surface area contributed by atoms with Crippen LogP contribution in [0, 0.1) is 0 Å². The van der Waals surface area contributed by atoms with Crippen molar-refractivity contribution >= 4 is 21.6 Å². The molecule has 0 radical (unpaired) electrons. The first-order valence-corrected chi connectivity index (χ1v) is 10.3. The van der Waals surface area contributed by atoms with E-state index in [0.717, 1.165) is 18.5 Å². The van der Waals surface area contributed by atoms with Gasteiger partial charge in [-0.05, 0) is 43.2 Å². The van der Waals surface area contributed by atoms with Gasteiger partial charge in [0.2, 0.25) is 10.0 Å². The van der Waals surface area contributed by atoms with E-state index in [2.05, 4.69) is 0 Å². The number of benzene rings is 2. The number of para-hydroxylation sites is 1. The zero-order valence-corrected chi connectivity index (χ0v) is 16.4. The van der Waals surface area contributed by atoms with E-state index in [-0.39, 0.29) is 10.8 Å². The monoisotopic (exact) mass is 374 g/mol. The average molecular weight is 375 g/mol. The fourth-order valence-electron chi connectivity index (χ4n) is 2.75. The van der Waals surface area contributed by atoms with E-state index in [0.29, 0.717) is 18.7 Å². The summed E-state index contributed by atoms with van der Waals surface area (Å²) in [6.07, 6.45) is 1.49.